The van der Waals surface area contributed by atoms with Gasteiger partial charge in [-0.25, -0.2) is 0 Å². The van der Waals surface area contributed by atoms with E-state index in [1.165, 1.54) is 0 Å². The zero-order chi connectivity index (χ0) is 11.0. The van der Waals surface area contributed by atoms with Crippen molar-refractivity contribution in [1.29, 1.82) is 0 Å². The largest absolute Gasteiger partial charge is 0.393 e. The van der Waals surface area contributed by atoms with Crippen molar-refractivity contribution in [2.45, 2.75) is 52.6 Å². The predicted octanol–water partition coefficient (Wildman–Crippen LogP) is 2.89. The van der Waals surface area contributed by atoms with Crippen molar-refractivity contribution in [1.82, 2.24) is 0 Å². The van der Waals surface area contributed by atoms with Crippen molar-refractivity contribution in [3.8, 4) is 0 Å². The molecule has 0 heterocycles. The lowest BCUT2D eigenvalue weighted by Crippen LogP contribution is -2.13. The van der Waals surface area contributed by atoms with Gasteiger partial charge in [-0.05, 0) is 38.5 Å². The molecule has 84 valence electrons. The topological polar surface area (TPSA) is 35.2 Å². The highest BCUT2D eigenvalue weighted by Crippen LogP contribution is 2.08. The first-order valence-corrected chi connectivity index (χ1v) is 5.83. The standard InChI is InChI=1S/C11H23NOS/c1-9(2)8-10(3)13-7-5-4-6-11(12)14/h9-10H,4-8H2,1-3H3,(H2,12,14). The van der Waals surface area contributed by atoms with Gasteiger partial charge in [0.2, 0.25) is 0 Å². The first kappa shape index (κ1) is 13.8. The number of ether oxygens (including phenoxy) is 1. The van der Waals surface area contributed by atoms with Crippen LogP contribution in [0.15, 0.2) is 0 Å². The van der Waals surface area contributed by atoms with Gasteiger partial charge in [0.1, 0.15) is 0 Å². The molecule has 1 unspecified atom stereocenters. The van der Waals surface area contributed by atoms with E-state index in [1.807, 2.05) is 0 Å². The van der Waals surface area contributed by atoms with E-state index in [0.29, 0.717) is 17.0 Å². The van der Waals surface area contributed by atoms with E-state index in [0.717, 1.165) is 32.3 Å². The second kappa shape index (κ2) is 8.18. The minimum atomic E-state index is 0.375. The highest BCUT2D eigenvalue weighted by Gasteiger charge is 2.04. The van der Waals surface area contributed by atoms with Gasteiger partial charge in [-0.15, -0.1) is 0 Å². The molecule has 0 saturated carbocycles. The molecule has 14 heavy (non-hydrogen) atoms. The third kappa shape index (κ3) is 9.93. The molecule has 0 aliphatic carbocycles. The van der Waals surface area contributed by atoms with Crippen LogP contribution in [-0.4, -0.2) is 17.7 Å². The maximum Gasteiger partial charge on any atom is 0.0727 e. The van der Waals surface area contributed by atoms with E-state index in [2.05, 4.69) is 20.8 Å². The summed E-state index contributed by atoms with van der Waals surface area (Å²) in [7, 11) is 0. The minimum Gasteiger partial charge on any atom is -0.393 e. The minimum absolute atomic E-state index is 0.375. The van der Waals surface area contributed by atoms with Gasteiger partial charge >= 0.3 is 0 Å². The quantitative estimate of drug-likeness (QED) is 0.501. The van der Waals surface area contributed by atoms with E-state index >= 15 is 0 Å². The average molecular weight is 217 g/mol. The average Bonchev–Trinajstić information content (AvgIpc) is 2.01. The van der Waals surface area contributed by atoms with Crippen LogP contribution < -0.4 is 5.73 Å². The Labute approximate surface area is 93.2 Å². The zero-order valence-electron chi connectivity index (χ0n) is 9.58. The first-order chi connectivity index (χ1) is 6.52. The molecule has 0 spiro atoms. The smallest absolute Gasteiger partial charge is 0.0727 e. The van der Waals surface area contributed by atoms with Crippen molar-refractivity contribution in [2.24, 2.45) is 11.7 Å². The van der Waals surface area contributed by atoms with E-state index in [-0.39, 0.29) is 0 Å². The fourth-order valence-electron chi connectivity index (χ4n) is 1.42. The normalized spacial score (nSPS) is 13.1. The summed E-state index contributed by atoms with van der Waals surface area (Å²) >= 11 is 4.79. The summed E-state index contributed by atoms with van der Waals surface area (Å²) in [6, 6.07) is 0. The third-order valence-corrected chi connectivity index (χ3v) is 2.23. The van der Waals surface area contributed by atoms with E-state index in [9.17, 15) is 0 Å². The Morgan fingerprint density at radius 1 is 1.29 bits per heavy atom. The molecule has 0 rings (SSSR count). The number of nitrogens with two attached hydrogens (primary N) is 1. The molecule has 3 heteroatoms. The van der Waals surface area contributed by atoms with Crippen molar-refractivity contribution in [3.63, 3.8) is 0 Å². The first-order valence-electron chi connectivity index (χ1n) is 5.42. The van der Waals surface area contributed by atoms with Crippen LogP contribution in [-0.2, 0) is 4.74 Å². The van der Waals surface area contributed by atoms with Gasteiger partial charge in [-0.3, -0.25) is 0 Å². The van der Waals surface area contributed by atoms with Gasteiger partial charge in [0, 0.05) is 6.61 Å². The number of rotatable bonds is 8. The van der Waals surface area contributed by atoms with E-state index < -0.39 is 0 Å². The SMILES string of the molecule is CC(C)CC(C)OCCCCC(N)=S. The molecule has 0 amide bonds. The van der Waals surface area contributed by atoms with Gasteiger partial charge in [-0.2, -0.15) is 0 Å². The molecule has 0 aliphatic rings. The van der Waals surface area contributed by atoms with Gasteiger partial charge in [-0.1, -0.05) is 26.1 Å². The highest BCUT2D eigenvalue weighted by molar-refractivity contribution is 7.80. The molecule has 0 aromatic heterocycles. The van der Waals surface area contributed by atoms with Crippen LogP contribution in [0.4, 0.5) is 0 Å². The third-order valence-electron chi connectivity index (χ3n) is 2.02. The van der Waals surface area contributed by atoms with Crippen molar-refractivity contribution in [3.05, 3.63) is 0 Å². The maximum absolute atomic E-state index is 5.65. The Hall–Kier alpha value is -0.150. The summed E-state index contributed by atoms with van der Waals surface area (Å²) < 4.78 is 5.65. The molecule has 0 aromatic carbocycles. The molecule has 1 atom stereocenters. The fraction of sp³-hybridized carbons (Fsp3) is 0.909. The van der Waals surface area contributed by atoms with Crippen LogP contribution in [0.3, 0.4) is 0 Å². The van der Waals surface area contributed by atoms with Gasteiger partial charge in [0.15, 0.2) is 0 Å². The molecule has 2 nitrogen and oxygen atoms in total. The molecular weight excluding hydrogens is 194 g/mol. The van der Waals surface area contributed by atoms with Crippen molar-refractivity contribution >= 4 is 17.2 Å². The molecule has 0 radical (unpaired) electrons. The zero-order valence-corrected chi connectivity index (χ0v) is 10.4. The molecule has 2 N–H and O–H groups in total. The highest BCUT2D eigenvalue weighted by atomic mass is 32.1. The molecule has 0 fully saturated rings. The lowest BCUT2D eigenvalue weighted by molar-refractivity contribution is 0.0499. The number of thiocarbonyl (C=S) groups is 1. The Bertz CT molecular complexity index is 159. The molecular formula is C11H23NOS. The summed E-state index contributed by atoms with van der Waals surface area (Å²) in [6.07, 6.45) is 4.45. The van der Waals surface area contributed by atoms with Crippen LogP contribution in [0.25, 0.3) is 0 Å². The Morgan fingerprint density at radius 3 is 2.43 bits per heavy atom. The summed E-state index contributed by atoms with van der Waals surface area (Å²) in [5, 5.41) is 0. The number of hydrogen-bond donors (Lipinski definition) is 1. The second-order valence-electron chi connectivity index (χ2n) is 4.23. The Balaban J connectivity index is 3.23. The fourth-order valence-corrected chi connectivity index (χ4v) is 1.56. The monoisotopic (exact) mass is 217 g/mol. The van der Waals surface area contributed by atoms with Gasteiger partial charge in [0.25, 0.3) is 0 Å². The molecule has 0 bridgehead atoms. The summed E-state index contributed by atoms with van der Waals surface area (Å²) in [5.41, 5.74) is 5.39. The molecule has 0 aliphatic heterocycles. The Kier molecular flexibility index (Phi) is 8.09. The van der Waals surface area contributed by atoms with Crippen LogP contribution in [0.1, 0.15) is 46.5 Å². The lowest BCUT2D eigenvalue weighted by atomic mass is 10.1. The van der Waals surface area contributed by atoms with Gasteiger partial charge < -0.3 is 10.5 Å². The van der Waals surface area contributed by atoms with Crippen LogP contribution >= 0.6 is 12.2 Å². The number of hydrogen-bond acceptors (Lipinski definition) is 2. The summed E-state index contributed by atoms with van der Waals surface area (Å²) in [6.45, 7) is 7.39. The van der Waals surface area contributed by atoms with Crippen LogP contribution in [0, 0.1) is 5.92 Å². The van der Waals surface area contributed by atoms with Crippen molar-refractivity contribution < 1.29 is 4.74 Å². The summed E-state index contributed by atoms with van der Waals surface area (Å²) in [4.78, 5) is 0.611. The second-order valence-corrected chi connectivity index (χ2v) is 4.76. The van der Waals surface area contributed by atoms with Crippen LogP contribution in [0.5, 0.6) is 0 Å². The van der Waals surface area contributed by atoms with Gasteiger partial charge in [0.05, 0.1) is 11.1 Å². The maximum atomic E-state index is 5.65. The van der Waals surface area contributed by atoms with Crippen molar-refractivity contribution in [2.75, 3.05) is 6.61 Å². The van der Waals surface area contributed by atoms with E-state index in [1.54, 1.807) is 0 Å². The van der Waals surface area contributed by atoms with E-state index in [4.69, 9.17) is 22.7 Å². The Morgan fingerprint density at radius 2 is 1.93 bits per heavy atom. The van der Waals surface area contributed by atoms with Crippen LogP contribution in [0.2, 0.25) is 0 Å². The molecule has 0 aromatic rings. The number of unbranched alkanes of at least 4 members (excludes halogenated alkanes) is 1. The predicted molar refractivity (Wildman–Crippen MR) is 65.5 cm³/mol. The lowest BCUT2D eigenvalue weighted by Gasteiger charge is -2.14. The summed E-state index contributed by atoms with van der Waals surface area (Å²) in [5.74, 6) is 0.710. The molecule has 0 saturated heterocycles.